The Morgan fingerprint density at radius 3 is 2.42 bits per heavy atom. The molecule has 4 rings (SSSR count). The first kappa shape index (κ1) is 39.3. The van der Waals surface area contributed by atoms with Gasteiger partial charge in [0, 0.05) is 39.8 Å². The topological polar surface area (TPSA) is 126 Å². The maximum absolute atomic E-state index is 14.6. The minimum atomic E-state index is -4.28. The Bertz CT molecular complexity index is 1890. The highest BCUT2D eigenvalue weighted by Crippen LogP contribution is 2.37. The van der Waals surface area contributed by atoms with Crippen LogP contribution in [-0.2, 0) is 50.2 Å². The molecule has 0 fully saturated rings. The van der Waals surface area contributed by atoms with Crippen LogP contribution in [0.15, 0.2) is 51.9 Å². The summed E-state index contributed by atoms with van der Waals surface area (Å²) in [6, 6.07) is 13.5. The molecule has 0 atom stereocenters. The van der Waals surface area contributed by atoms with Crippen molar-refractivity contribution in [1.29, 1.82) is 0 Å². The van der Waals surface area contributed by atoms with E-state index in [1.165, 1.54) is 7.11 Å². The molecule has 0 aliphatic heterocycles. The molecule has 2 aromatic heterocycles. The Kier molecular flexibility index (Phi) is 13.5. The van der Waals surface area contributed by atoms with Gasteiger partial charge in [-0.1, -0.05) is 86.6 Å². The van der Waals surface area contributed by atoms with E-state index in [2.05, 4.69) is 31.7 Å². The number of carbonyl (C=O) groups excluding carboxylic acids is 1. The second kappa shape index (κ2) is 17.1. The maximum Gasteiger partial charge on any atom is 0.356 e. The second-order valence-corrected chi connectivity index (χ2v) is 21.0. The third kappa shape index (κ3) is 9.05. The molecule has 4 aromatic rings. The lowest BCUT2D eigenvalue weighted by molar-refractivity contribution is 0.0587. The van der Waals surface area contributed by atoms with Crippen molar-refractivity contribution in [2.45, 2.75) is 90.7 Å². The molecule has 0 unspecified atom stereocenters. The summed E-state index contributed by atoms with van der Waals surface area (Å²) >= 11 is 6.52. The number of ether oxygens (including phenoxy) is 3. The molecule has 272 valence electrons. The van der Waals surface area contributed by atoms with Crippen LogP contribution in [0.25, 0.3) is 11.1 Å². The number of aryl methyl sites for hydroxylation is 3. The molecule has 0 aliphatic rings. The molecule has 0 N–H and O–H groups in total. The minimum Gasteiger partial charge on any atom is -0.464 e. The van der Waals surface area contributed by atoms with Crippen molar-refractivity contribution in [1.82, 2.24) is 14.7 Å². The molecule has 14 heteroatoms. The van der Waals surface area contributed by atoms with Gasteiger partial charge in [-0.25, -0.2) is 22.5 Å². The largest absolute Gasteiger partial charge is 0.464 e. The van der Waals surface area contributed by atoms with Gasteiger partial charge in [-0.15, -0.1) is 0 Å². The van der Waals surface area contributed by atoms with Gasteiger partial charge in [-0.05, 0) is 55.5 Å². The number of anilines is 1. The van der Waals surface area contributed by atoms with Crippen LogP contribution in [0.3, 0.4) is 0 Å². The molecule has 2 aromatic carbocycles. The molecule has 0 aliphatic carbocycles. The Balaban J connectivity index is 1.81. The fraction of sp³-hybridized carbons (Fsp3) is 0.472. The van der Waals surface area contributed by atoms with E-state index >= 15 is 0 Å². The van der Waals surface area contributed by atoms with Gasteiger partial charge in [0.25, 0.3) is 10.0 Å². The first-order chi connectivity index (χ1) is 23.8. The summed E-state index contributed by atoms with van der Waals surface area (Å²) in [7, 11) is -4.34. The molecule has 0 radical (unpaired) electrons. The van der Waals surface area contributed by atoms with Crippen LogP contribution in [0.1, 0.15) is 66.1 Å². The van der Waals surface area contributed by atoms with Crippen LogP contribution < -0.4 is 4.31 Å². The Hall–Kier alpha value is -3.49. The number of imidazole rings is 1. The minimum absolute atomic E-state index is 0.0343. The lowest BCUT2D eigenvalue weighted by atomic mass is 9.97. The van der Waals surface area contributed by atoms with E-state index in [9.17, 15) is 13.2 Å². The summed E-state index contributed by atoms with van der Waals surface area (Å²) in [5, 5.41) is 4.11. The van der Waals surface area contributed by atoms with E-state index in [4.69, 9.17) is 35.3 Å². The number of halogens is 1. The second-order valence-electron chi connectivity index (χ2n) is 13.2. The van der Waals surface area contributed by atoms with Crippen molar-refractivity contribution in [3.8, 4) is 11.1 Å². The van der Waals surface area contributed by atoms with Crippen molar-refractivity contribution >= 4 is 41.5 Å². The van der Waals surface area contributed by atoms with Gasteiger partial charge in [-0.3, -0.25) is 0 Å². The molecule has 0 spiro atoms. The van der Waals surface area contributed by atoms with Crippen LogP contribution in [0.5, 0.6) is 0 Å². The molecule has 0 bridgehead atoms. The summed E-state index contributed by atoms with van der Waals surface area (Å²) in [6.07, 6.45) is 2.15. The molecule has 0 saturated heterocycles. The van der Waals surface area contributed by atoms with Crippen LogP contribution in [0, 0.1) is 6.92 Å². The smallest absolute Gasteiger partial charge is 0.356 e. The predicted octanol–water partition coefficient (Wildman–Crippen LogP) is 7.89. The lowest BCUT2D eigenvalue weighted by Crippen LogP contribution is -2.35. The van der Waals surface area contributed by atoms with Gasteiger partial charge in [0.2, 0.25) is 5.82 Å². The number of benzene rings is 2. The summed E-state index contributed by atoms with van der Waals surface area (Å²) in [5.41, 5.74) is 3.99. The number of rotatable bonds is 18. The summed E-state index contributed by atoms with van der Waals surface area (Å²) in [4.78, 5) is 17.8. The quantitative estimate of drug-likeness (QED) is 0.0433. The summed E-state index contributed by atoms with van der Waals surface area (Å²) in [6.45, 7) is 15.4. The third-order valence-electron chi connectivity index (χ3n) is 8.24. The van der Waals surface area contributed by atoms with Gasteiger partial charge in [0.05, 0.1) is 24.3 Å². The number of methoxy groups -OCH3 is 1. The standard InChI is InChI=1S/C36H49ClN4O7SSi/c1-9-14-32-38-30(10-2)34(36(42)45-5)40(32)22-26-17-18-28(27(21-26)23-46-11-3)29-15-12-13-16-31(29)49(43,44)41(24-47-19-20-50(6,7)8)35-33(37)25(4)48-39-35/h12-13,15-18,21H,9-11,14,19-20,22-24H2,1-8H3. The summed E-state index contributed by atoms with van der Waals surface area (Å²) < 4.78 is 54.5. The highest BCUT2D eigenvalue weighted by molar-refractivity contribution is 7.93. The first-order valence-corrected chi connectivity index (χ1v) is 22.5. The lowest BCUT2D eigenvalue weighted by Gasteiger charge is -2.25. The Morgan fingerprint density at radius 2 is 1.80 bits per heavy atom. The monoisotopic (exact) mass is 744 g/mol. The van der Waals surface area contributed by atoms with Crippen molar-refractivity contribution in [2.75, 3.05) is 31.4 Å². The molecular weight excluding hydrogens is 696 g/mol. The van der Waals surface area contributed by atoms with Gasteiger partial charge >= 0.3 is 5.97 Å². The van der Waals surface area contributed by atoms with E-state index in [-0.39, 0.29) is 29.1 Å². The molecule has 11 nitrogen and oxygen atoms in total. The van der Waals surface area contributed by atoms with Gasteiger partial charge in [-0.2, -0.15) is 0 Å². The summed E-state index contributed by atoms with van der Waals surface area (Å²) in [5.74, 6) is 0.644. The third-order valence-corrected chi connectivity index (χ3v) is 12.1. The number of sulfonamides is 1. The predicted molar refractivity (Wildman–Crippen MR) is 198 cm³/mol. The number of nitrogens with zero attached hydrogens (tertiary/aromatic N) is 4. The number of carbonyl (C=O) groups is 1. The fourth-order valence-corrected chi connectivity index (χ4v) is 8.03. The molecule has 0 saturated carbocycles. The normalized spacial score (nSPS) is 12.0. The van der Waals surface area contributed by atoms with Crippen LogP contribution >= 0.6 is 11.6 Å². The fourth-order valence-electron chi connectivity index (χ4n) is 5.54. The molecule has 2 heterocycles. The first-order valence-electron chi connectivity index (χ1n) is 16.9. The average molecular weight is 745 g/mol. The van der Waals surface area contributed by atoms with Gasteiger partial charge in [0.1, 0.15) is 17.6 Å². The SMILES string of the molecule is CCCc1nc(CC)c(C(=O)OC)n1Cc1ccc(-c2ccccc2S(=O)(=O)N(COCC[Si](C)(C)C)c2noc(C)c2Cl)c(COCC)c1. The zero-order valence-electron chi connectivity index (χ0n) is 30.3. The van der Waals surface area contributed by atoms with E-state index in [1.807, 2.05) is 36.6 Å². The van der Waals surface area contributed by atoms with Crippen LogP contribution in [0.2, 0.25) is 30.7 Å². The van der Waals surface area contributed by atoms with E-state index < -0.39 is 24.1 Å². The number of esters is 1. The molecular formula is C36H49ClN4O7SSi. The molecule has 0 amide bonds. The van der Waals surface area contributed by atoms with Crippen molar-refractivity contribution in [3.63, 3.8) is 0 Å². The highest BCUT2D eigenvalue weighted by atomic mass is 35.5. The highest BCUT2D eigenvalue weighted by Gasteiger charge is 2.33. The van der Waals surface area contributed by atoms with Crippen molar-refractivity contribution < 1.29 is 31.9 Å². The van der Waals surface area contributed by atoms with Crippen molar-refractivity contribution in [2.24, 2.45) is 0 Å². The van der Waals surface area contributed by atoms with Gasteiger partial charge in [0.15, 0.2) is 11.5 Å². The van der Waals surface area contributed by atoms with Crippen molar-refractivity contribution in [3.05, 3.63) is 81.6 Å². The zero-order valence-corrected chi connectivity index (χ0v) is 32.9. The average Bonchev–Trinajstić information content (AvgIpc) is 3.60. The number of hydrogen-bond acceptors (Lipinski definition) is 9. The van der Waals surface area contributed by atoms with Crippen LogP contribution in [0.4, 0.5) is 5.82 Å². The van der Waals surface area contributed by atoms with Crippen LogP contribution in [-0.4, -0.2) is 64.2 Å². The Morgan fingerprint density at radius 1 is 1.06 bits per heavy atom. The maximum atomic E-state index is 14.6. The zero-order chi connectivity index (χ0) is 36.6. The Labute approximate surface area is 301 Å². The van der Waals surface area contributed by atoms with E-state index in [0.29, 0.717) is 60.9 Å². The number of hydrogen-bond donors (Lipinski definition) is 0. The van der Waals surface area contributed by atoms with Gasteiger partial charge < -0.3 is 23.3 Å². The number of aromatic nitrogens is 3. The van der Waals surface area contributed by atoms with E-state index in [0.717, 1.165) is 33.7 Å². The van der Waals surface area contributed by atoms with E-state index in [1.54, 1.807) is 31.2 Å². The molecule has 50 heavy (non-hydrogen) atoms.